The smallest absolute Gasteiger partial charge is 0.253 e. The van der Waals surface area contributed by atoms with Gasteiger partial charge in [0.2, 0.25) is 5.91 Å². The van der Waals surface area contributed by atoms with Gasteiger partial charge in [-0.25, -0.2) is 0 Å². The lowest BCUT2D eigenvalue weighted by atomic mass is 10.1. The predicted octanol–water partition coefficient (Wildman–Crippen LogP) is 2.72. The van der Waals surface area contributed by atoms with Gasteiger partial charge in [-0.2, -0.15) is 0 Å². The van der Waals surface area contributed by atoms with Crippen LogP contribution in [0.5, 0.6) is 0 Å². The topological polar surface area (TPSA) is 90.5 Å². The SMILES string of the molecule is CCNC(=O)c1ccc(NCC(=O)Nc2cccc(C(=O)N3CCCC3)c2)cc1. The summed E-state index contributed by atoms with van der Waals surface area (Å²) in [6.07, 6.45) is 2.08. The number of nitrogens with zero attached hydrogens (tertiary/aromatic N) is 1. The Hall–Kier alpha value is -3.35. The minimum Gasteiger partial charge on any atom is -0.376 e. The molecule has 1 saturated heterocycles. The zero-order chi connectivity index (χ0) is 20.6. The molecule has 0 aromatic heterocycles. The lowest BCUT2D eigenvalue weighted by Gasteiger charge is -2.16. The van der Waals surface area contributed by atoms with Gasteiger partial charge in [-0.05, 0) is 62.2 Å². The second-order valence-electron chi connectivity index (χ2n) is 6.92. The molecule has 7 nitrogen and oxygen atoms in total. The van der Waals surface area contributed by atoms with Gasteiger partial charge in [0.25, 0.3) is 11.8 Å². The fourth-order valence-corrected chi connectivity index (χ4v) is 3.22. The molecule has 152 valence electrons. The maximum Gasteiger partial charge on any atom is 0.253 e. The first-order valence-corrected chi connectivity index (χ1v) is 9.88. The Labute approximate surface area is 170 Å². The highest BCUT2D eigenvalue weighted by Gasteiger charge is 2.19. The van der Waals surface area contributed by atoms with Gasteiger partial charge in [0, 0.05) is 42.1 Å². The molecule has 0 unspecified atom stereocenters. The molecule has 3 amide bonds. The zero-order valence-electron chi connectivity index (χ0n) is 16.5. The molecule has 0 saturated carbocycles. The van der Waals surface area contributed by atoms with Crippen LogP contribution in [0.3, 0.4) is 0 Å². The third-order valence-corrected chi connectivity index (χ3v) is 4.72. The summed E-state index contributed by atoms with van der Waals surface area (Å²) < 4.78 is 0. The Bertz CT molecular complexity index is 874. The van der Waals surface area contributed by atoms with Crippen LogP contribution in [0, 0.1) is 0 Å². The van der Waals surface area contributed by atoms with Crippen molar-refractivity contribution in [3.8, 4) is 0 Å². The first kappa shape index (κ1) is 20.4. The van der Waals surface area contributed by atoms with Crippen LogP contribution in [0.4, 0.5) is 11.4 Å². The van der Waals surface area contributed by atoms with E-state index in [0.717, 1.165) is 31.6 Å². The minimum absolute atomic E-state index is 0.00363. The molecule has 0 aliphatic carbocycles. The van der Waals surface area contributed by atoms with Crippen molar-refractivity contribution in [1.82, 2.24) is 10.2 Å². The summed E-state index contributed by atoms with van der Waals surface area (Å²) in [7, 11) is 0. The number of carbonyl (C=O) groups excluding carboxylic acids is 3. The maximum absolute atomic E-state index is 12.5. The highest BCUT2D eigenvalue weighted by molar-refractivity contribution is 5.98. The van der Waals surface area contributed by atoms with E-state index in [0.29, 0.717) is 23.4 Å². The van der Waals surface area contributed by atoms with E-state index < -0.39 is 0 Å². The van der Waals surface area contributed by atoms with Crippen molar-refractivity contribution in [2.24, 2.45) is 0 Å². The molecule has 0 spiro atoms. The van der Waals surface area contributed by atoms with Crippen LogP contribution in [0.2, 0.25) is 0 Å². The number of anilines is 2. The van der Waals surface area contributed by atoms with Crippen molar-refractivity contribution in [1.29, 1.82) is 0 Å². The van der Waals surface area contributed by atoms with Crippen molar-refractivity contribution in [2.75, 3.05) is 36.8 Å². The van der Waals surface area contributed by atoms with Crippen molar-refractivity contribution in [2.45, 2.75) is 19.8 Å². The second-order valence-corrected chi connectivity index (χ2v) is 6.92. The van der Waals surface area contributed by atoms with Gasteiger partial charge in [0.15, 0.2) is 0 Å². The fraction of sp³-hybridized carbons (Fsp3) is 0.318. The molecule has 1 aliphatic heterocycles. The first-order valence-electron chi connectivity index (χ1n) is 9.88. The second kappa shape index (κ2) is 9.73. The molecule has 0 radical (unpaired) electrons. The van der Waals surface area contributed by atoms with Gasteiger partial charge in [-0.3, -0.25) is 14.4 Å². The van der Waals surface area contributed by atoms with Crippen LogP contribution in [-0.4, -0.2) is 48.8 Å². The summed E-state index contributed by atoms with van der Waals surface area (Å²) in [5.74, 6) is -0.340. The molecule has 2 aromatic rings. The van der Waals surface area contributed by atoms with E-state index in [-0.39, 0.29) is 24.3 Å². The van der Waals surface area contributed by atoms with E-state index in [1.807, 2.05) is 11.8 Å². The van der Waals surface area contributed by atoms with E-state index in [1.165, 1.54) is 0 Å². The quantitative estimate of drug-likeness (QED) is 0.674. The maximum atomic E-state index is 12.5. The number of hydrogen-bond acceptors (Lipinski definition) is 4. The van der Waals surface area contributed by atoms with Crippen molar-refractivity contribution in [3.05, 3.63) is 59.7 Å². The van der Waals surface area contributed by atoms with Gasteiger partial charge in [0.1, 0.15) is 0 Å². The lowest BCUT2D eigenvalue weighted by Crippen LogP contribution is -2.27. The fourth-order valence-electron chi connectivity index (χ4n) is 3.22. The molecule has 29 heavy (non-hydrogen) atoms. The molecule has 0 atom stereocenters. The molecule has 7 heteroatoms. The average Bonchev–Trinajstić information content (AvgIpc) is 3.27. The van der Waals surface area contributed by atoms with E-state index in [1.54, 1.807) is 48.5 Å². The highest BCUT2D eigenvalue weighted by Crippen LogP contribution is 2.16. The number of benzene rings is 2. The monoisotopic (exact) mass is 394 g/mol. The number of amides is 3. The largest absolute Gasteiger partial charge is 0.376 e. The summed E-state index contributed by atoms with van der Waals surface area (Å²) in [5.41, 5.74) is 2.49. The number of likely N-dealkylation sites (tertiary alicyclic amines) is 1. The number of carbonyl (C=O) groups is 3. The molecule has 1 aliphatic rings. The molecule has 2 aromatic carbocycles. The standard InChI is InChI=1S/C22H26N4O3/c1-2-23-21(28)16-8-10-18(11-9-16)24-15-20(27)25-19-7-5-6-17(14-19)22(29)26-12-3-4-13-26/h5-11,14,24H,2-4,12-13,15H2,1H3,(H,23,28)(H,25,27). The van der Waals surface area contributed by atoms with Crippen LogP contribution in [0.25, 0.3) is 0 Å². The summed E-state index contributed by atoms with van der Waals surface area (Å²) in [4.78, 5) is 38.3. The van der Waals surface area contributed by atoms with E-state index in [4.69, 9.17) is 0 Å². The van der Waals surface area contributed by atoms with Crippen molar-refractivity contribution < 1.29 is 14.4 Å². The lowest BCUT2D eigenvalue weighted by molar-refractivity contribution is -0.114. The van der Waals surface area contributed by atoms with Gasteiger partial charge in [-0.1, -0.05) is 6.07 Å². The Balaban J connectivity index is 1.52. The van der Waals surface area contributed by atoms with Crippen molar-refractivity contribution in [3.63, 3.8) is 0 Å². The Morgan fingerprint density at radius 3 is 2.34 bits per heavy atom. The summed E-state index contributed by atoms with van der Waals surface area (Å²) >= 11 is 0. The Kier molecular flexibility index (Phi) is 6.84. The van der Waals surface area contributed by atoms with Crippen LogP contribution >= 0.6 is 0 Å². The van der Waals surface area contributed by atoms with Gasteiger partial charge >= 0.3 is 0 Å². The Morgan fingerprint density at radius 1 is 0.931 bits per heavy atom. The third-order valence-electron chi connectivity index (χ3n) is 4.72. The van der Waals surface area contributed by atoms with Crippen LogP contribution < -0.4 is 16.0 Å². The minimum atomic E-state index is -0.219. The van der Waals surface area contributed by atoms with Crippen LogP contribution in [-0.2, 0) is 4.79 Å². The van der Waals surface area contributed by atoms with Crippen molar-refractivity contribution >= 4 is 29.1 Å². The van der Waals surface area contributed by atoms with E-state index in [2.05, 4.69) is 16.0 Å². The first-order chi connectivity index (χ1) is 14.1. The van der Waals surface area contributed by atoms with Crippen LogP contribution in [0.1, 0.15) is 40.5 Å². The zero-order valence-corrected chi connectivity index (χ0v) is 16.5. The molecular formula is C22H26N4O3. The average molecular weight is 394 g/mol. The number of nitrogens with one attached hydrogen (secondary N) is 3. The van der Waals surface area contributed by atoms with E-state index in [9.17, 15) is 14.4 Å². The molecule has 3 rings (SSSR count). The summed E-state index contributed by atoms with van der Waals surface area (Å²) in [6.45, 7) is 4.09. The van der Waals surface area contributed by atoms with Crippen LogP contribution in [0.15, 0.2) is 48.5 Å². The Morgan fingerprint density at radius 2 is 1.66 bits per heavy atom. The predicted molar refractivity (Wildman–Crippen MR) is 113 cm³/mol. The molecular weight excluding hydrogens is 368 g/mol. The molecule has 3 N–H and O–H groups in total. The normalized spacial score (nSPS) is 13.1. The van der Waals surface area contributed by atoms with Gasteiger partial charge in [-0.15, -0.1) is 0 Å². The number of hydrogen-bond donors (Lipinski definition) is 3. The summed E-state index contributed by atoms with van der Waals surface area (Å²) in [5, 5.41) is 8.57. The third kappa shape index (κ3) is 5.57. The van der Waals surface area contributed by atoms with Gasteiger partial charge < -0.3 is 20.9 Å². The molecule has 0 bridgehead atoms. The highest BCUT2D eigenvalue weighted by atomic mass is 16.2. The molecule has 1 fully saturated rings. The number of rotatable bonds is 7. The molecule has 1 heterocycles. The summed E-state index contributed by atoms with van der Waals surface area (Å²) in [6, 6.07) is 13.9. The van der Waals surface area contributed by atoms with Gasteiger partial charge in [0.05, 0.1) is 6.54 Å². The van der Waals surface area contributed by atoms with E-state index >= 15 is 0 Å².